The van der Waals surface area contributed by atoms with Gasteiger partial charge in [0.05, 0.1) is 6.20 Å². The molecule has 0 saturated heterocycles. The number of aromatic amines is 1. The van der Waals surface area contributed by atoms with E-state index in [-0.39, 0.29) is 11.6 Å². The largest absolute Gasteiger partial charge is 0.313 e. The van der Waals surface area contributed by atoms with Gasteiger partial charge in [-0.05, 0) is 6.54 Å². The molecule has 0 atom stereocenters. The van der Waals surface area contributed by atoms with E-state index in [2.05, 4.69) is 30.3 Å². The Morgan fingerprint density at radius 2 is 2.24 bits per heavy atom. The Morgan fingerprint density at radius 3 is 2.90 bits per heavy atom. The fraction of sp³-hybridized carbons (Fsp3) is 0.545. The number of aromatic nitrogens is 5. The third kappa shape index (κ3) is 4.09. The SMILES string of the molecule is CCNCc1cn[nH]c1S(=O)(=O)NCCc1ncn(C)n1. The van der Waals surface area contributed by atoms with Gasteiger partial charge in [0.25, 0.3) is 10.0 Å². The van der Waals surface area contributed by atoms with Crippen molar-refractivity contribution in [1.82, 2.24) is 35.0 Å². The second-order valence-electron chi connectivity index (χ2n) is 4.49. The molecule has 9 nitrogen and oxygen atoms in total. The molecule has 116 valence electrons. The monoisotopic (exact) mass is 313 g/mol. The molecule has 0 aliphatic heterocycles. The van der Waals surface area contributed by atoms with Gasteiger partial charge in [0, 0.05) is 32.1 Å². The average Bonchev–Trinajstić information content (AvgIpc) is 3.05. The Balaban J connectivity index is 1.96. The van der Waals surface area contributed by atoms with E-state index in [0.29, 0.717) is 24.4 Å². The standard InChI is InChI=1S/C11H19N7O2S/c1-3-12-6-9-7-14-16-11(9)21(19,20)15-5-4-10-13-8-18(2)17-10/h7-8,12,15H,3-6H2,1-2H3,(H,14,16). The van der Waals surface area contributed by atoms with Crippen LogP contribution in [0.3, 0.4) is 0 Å². The first-order chi connectivity index (χ1) is 10.0. The first-order valence-corrected chi connectivity index (χ1v) is 8.08. The Morgan fingerprint density at radius 1 is 1.43 bits per heavy atom. The average molecular weight is 313 g/mol. The summed E-state index contributed by atoms with van der Waals surface area (Å²) in [5.41, 5.74) is 0.611. The van der Waals surface area contributed by atoms with Crippen LogP contribution >= 0.6 is 0 Å². The predicted molar refractivity (Wildman–Crippen MR) is 75.9 cm³/mol. The summed E-state index contributed by atoms with van der Waals surface area (Å²) in [5.74, 6) is 0.595. The van der Waals surface area contributed by atoms with Crippen LogP contribution in [0.15, 0.2) is 17.6 Å². The topological polar surface area (TPSA) is 118 Å². The predicted octanol–water partition coefficient (Wildman–Crippen LogP) is -0.831. The van der Waals surface area contributed by atoms with Crippen LogP contribution in [0.5, 0.6) is 0 Å². The maximum atomic E-state index is 12.2. The number of H-pyrrole nitrogens is 1. The summed E-state index contributed by atoms with van der Waals surface area (Å²) < 4.78 is 28.5. The summed E-state index contributed by atoms with van der Waals surface area (Å²) in [6, 6.07) is 0. The highest BCUT2D eigenvalue weighted by molar-refractivity contribution is 7.89. The Kier molecular flexibility index (Phi) is 5.04. The summed E-state index contributed by atoms with van der Waals surface area (Å²) in [6.45, 7) is 3.38. The minimum absolute atomic E-state index is 0.0948. The zero-order valence-corrected chi connectivity index (χ0v) is 12.8. The minimum atomic E-state index is -3.61. The maximum absolute atomic E-state index is 12.2. The number of rotatable bonds is 8. The lowest BCUT2D eigenvalue weighted by Crippen LogP contribution is -2.28. The van der Waals surface area contributed by atoms with Gasteiger partial charge in [-0.1, -0.05) is 6.92 Å². The third-order valence-corrected chi connectivity index (χ3v) is 4.28. The number of sulfonamides is 1. The molecule has 21 heavy (non-hydrogen) atoms. The van der Waals surface area contributed by atoms with Crippen LogP contribution in [-0.4, -0.2) is 46.5 Å². The lowest BCUT2D eigenvalue weighted by molar-refractivity contribution is 0.573. The molecule has 10 heteroatoms. The lowest BCUT2D eigenvalue weighted by atomic mass is 10.3. The van der Waals surface area contributed by atoms with Gasteiger partial charge in [0.15, 0.2) is 10.9 Å². The molecule has 0 amide bonds. The van der Waals surface area contributed by atoms with Crippen LogP contribution in [0.25, 0.3) is 0 Å². The van der Waals surface area contributed by atoms with Crippen molar-refractivity contribution < 1.29 is 8.42 Å². The Hall–Kier alpha value is -1.78. The molecule has 0 saturated carbocycles. The lowest BCUT2D eigenvalue weighted by Gasteiger charge is -2.06. The summed E-state index contributed by atoms with van der Waals surface area (Å²) in [5, 5.41) is 13.6. The molecule has 0 spiro atoms. The summed E-state index contributed by atoms with van der Waals surface area (Å²) in [7, 11) is -1.85. The van der Waals surface area contributed by atoms with Gasteiger partial charge >= 0.3 is 0 Å². The van der Waals surface area contributed by atoms with Gasteiger partial charge in [-0.15, -0.1) is 0 Å². The van der Waals surface area contributed by atoms with Crippen LogP contribution in [0.2, 0.25) is 0 Å². The number of hydrogen-bond acceptors (Lipinski definition) is 6. The molecule has 2 aromatic rings. The molecule has 0 radical (unpaired) electrons. The third-order valence-electron chi connectivity index (χ3n) is 2.80. The molecular weight excluding hydrogens is 294 g/mol. The van der Waals surface area contributed by atoms with Crippen LogP contribution in [0, 0.1) is 0 Å². The molecule has 0 aliphatic rings. The van der Waals surface area contributed by atoms with Crippen molar-refractivity contribution in [3.05, 3.63) is 23.9 Å². The van der Waals surface area contributed by atoms with Crippen LogP contribution in [0.4, 0.5) is 0 Å². The van der Waals surface area contributed by atoms with E-state index in [0.717, 1.165) is 6.54 Å². The van der Waals surface area contributed by atoms with Crippen LogP contribution in [-0.2, 0) is 30.0 Å². The zero-order chi connectivity index (χ0) is 15.3. The van der Waals surface area contributed by atoms with Gasteiger partial charge < -0.3 is 5.32 Å². The minimum Gasteiger partial charge on any atom is -0.313 e. The summed E-state index contributed by atoms with van der Waals surface area (Å²) in [6.07, 6.45) is 3.52. The van der Waals surface area contributed by atoms with E-state index in [9.17, 15) is 8.42 Å². The maximum Gasteiger partial charge on any atom is 0.257 e. The number of nitrogens with zero attached hydrogens (tertiary/aromatic N) is 4. The second kappa shape index (κ2) is 6.78. The molecule has 2 heterocycles. The van der Waals surface area contributed by atoms with E-state index >= 15 is 0 Å². The number of nitrogens with one attached hydrogen (secondary N) is 3. The second-order valence-corrected chi connectivity index (χ2v) is 6.19. The van der Waals surface area contributed by atoms with E-state index in [1.165, 1.54) is 6.20 Å². The zero-order valence-electron chi connectivity index (χ0n) is 12.0. The Bertz CT molecular complexity index is 676. The molecule has 0 unspecified atom stereocenters. The van der Waals surface area contributed by atoms with Gasteiger partial charge in [-0.3, -0.25) is 9.78 Å². The molecule has 2 rings (SSSR count). The van der Waals surface area contributed by atoms with Gasteiger partial charge in [0.2, 0.25) is 0 Å². The van der Waals surface area contributed by atoms with E-state index in [4.69, 9.17) is 0 Å². The van der Waals surface area contributed by atoms with Crippen LogP contribution < -0.4 is 10.0 Å². The quantitative estimate of drug-likeness (QED) is 0.585. The molecule has 2 aromatic heterocycles. The van der Waals surface area contributed by atoms with Gasteiger partial charge in [-0.2, -0.15) is 10.2 Å². The van der Waals surface area contributed by atoms with E-state index < -0.39 is 10.0 Å². The smallest absolute Gasteiger partial charge is 0.257 e. The fourth-order valence-electron chi connectivity index (χ4n) is 1.79. The molecule has 0 fully saturated rings. The summed E-state index contributed by atoms with van der Waals surface area (Å²) >= 11 is 0. The van der Waals surface area contributed by atoms with Crippen molar-refractivity contribution in [3.8, 4) is 0 Å². The number of aryl methyl sites for hydroxylation is 1. The van der Waals surface area contributed by atoms with E-state index in [1.807, 2.05) is 6.92 Å². The molecule has 3 N–H and O–H groups in total. The van der Waals surface area contributed by atoms with Crippen molar-refractivity contribution >= 4 is 10.0 Å². The highest BCUT2D eigenvalue weighted by Crippen LogP contribution is 2.11. The first kappa shape index (κ1) is 15.6. The highest BCUT2D eigenvalue weighted by Gasteiger charge is 2.20. The summed E-state index contributed by atoms with van der Waals surface area (Å²) in [4.78, 5) is 4.04. The van der Waals surface area contributed by atoms with Crippen molar-refractivity contribution in [1.29, 1.82) is 0 Å². The van der Waals surface area contributed by atoms with Crippen molar-refractivity contribution in [3.63, 3.8) is 0 Å². The van der Waals surface area contributed by atoms with Crippen molar-refractivity contribution in [2.45, 2.75) is 24.9 Å². The fourth-order valence-corrected chi connectivity index (χ4v) is 2.94. The first-order valence-electron chi connectivity index (χ1n) is 6.60. The van der Waals surface area contributed by atoms with Crippen LogP contribution in [0.1, 0.15) is 18.3 Å². The number of hydrogen-bond donors (Lipinski definition) is 3. The molecule has 0 aliphatic carbocycles. The van der Waals surface area contributed by atoms with Gasteiger partial charge in [0.1, 0.15) is 6.33 Å². The normalized spacial score (nSPS) is 11.9. The van der Waals surface area contributed by atoms with Crippen molar-refractivity contribution in [2.24, 2.45) is 7.05 Å². The highest BCUT2D eigenvalue weighted by atomic mass is 32.2. The van der Waals surface area contributed by atoms with Gasteiger partial charge in [-0.25, -0.2) is 18.1 Å². The Labute approximate surface area is 123 Å². The van der Waals surface area contributed by atoms with E-state index in [1.54, 1.807) is 18.1 Å². The molecule has 0 aromatic carbocycles. The molecule has 0 bridgehead atoms. The molecular formula is C11H19N7O2S. The van der Waals surface area contributed by atoms with Crippen molar-refractivity contribution in [2.75, 3.05) is 13.1 Å².